The summed E-state index contributed by atoms with van der Waals surface area (Å²) in [4.78, 5) is 10.9. The zero-order chi connectivity index (χ0) is 11.3. The lowest BCUT2D eigenvalue weighted by molar-refractivity contribution is 0.288. The third kappa shape index (κ3) is 3.45. The second-order valence-electron chi connectivity index (χ2n) is 3.42. The average Bonchev–Trinajstić information content (AvgIpc) is 2.25. The maximum absolute atomic E-state index is 5.33. The number of aryl methyl sites for hydroxylation is 1. The van der Waals surface area contributed by atoms with E-state index in [2.05, 4.69) is 34.1 Å². The van der Waals surface area contributed by atoms with Gasteiger partial charge in [0.1, 0.15) is 11.6 Å². The first-order chi connectivity index (χ1) is 7.19. The van der Waals surface area contributed by atoms with Gasteiger partial charge in [0.15, 0.2) is 0 Å². The number of nitrogens with zero attached hydrogens (tertiary/aromatic N) is 3. The number of nitrogens with one attached hydrogen (secondary N) is 1. The standard InChI is InChI=1S/C10H19N5/c1-4-15(5-2)7-10-12-8(3)6-9(13-10)14-11/h6H,4-5,7,11H2,1-3H3,(H,12,13,14). The molecule has 1 heterocycles. The summed E-state index contributed by atoms with van der Waals surface area (Å²) in [6, 6.07) is 1.83. The van der Waals surface area contributed by atoms with Gasteiger partial charge in [-0.1, -0.05) is 13.8 Å². The summed E-state index contributed by atoms with van der Waals surface area (Å²) in [6.07, 6.45) is 0. The summed E-state index contributed by atoms with van der Waals surface area (Å²) in [5, 5.41) is 0. The van der Waals surface area contributed by atoms with E-state index in [1.807, 2.05) is 13.0 Å². The summed E-state index contributed by atoms with van der Waals surface area (Å²) in [5.74, 6) is 6.81. The van der Waals surface area contributed by atoms with Gasteiger partial charge in [-0.3, -0.25) is 4.90 Å². The Balaban J connectivity index is 2.79. The van der Waals surface area contributed by atoms with Crippen molar-refractivity contribution in [3.05, 3.63) is 17.6 Å². The topological polar surface area (TPSA) is 67.1 Å². The van der Waals surface area contributed by atoms with E-state index in [-0.39, 0.29) is 0 Å². The van der Waals surface area contributed by atoms with Gasteiger partial charge in [0.05, 0.1) is 6.54 Å². The number of aromatic nitrogens is 2. The molecule has 0 atom stereocenters. The van der Waals surface area contributed by atoms with Crippen molar-refractivity contribution in [2.75, 3.05) is 18.5 Å². The fourth-order valence-corrected chi connectivity index (χ4v) is 1.42. The molecule has 0 aliphatic rings. The molecule has 0 aliphatic carbocycles. The molecule has 0 saturated heterocycles. The van der Waals surface area contributed by atoms with Gasteiger partial charge in [-0.2, -0.15) is 0 Å². The number of nitrogens with two attached hydrogens (primary N) is 1. The Morgan fingerprint density at radius 1 is 1.33 bits per heavy atom. The van der Waals surface area contributed by atoms with Gasteiger partial charge in [0, 0.05) is 11.8 Å². The Bertz CT molecular complexity index is 309. The predicted molar refractivity (Wildman–Crippen MR) is 61.2 cm³/mol. The van der Waals surface area contributed by atoms with E-state index in [1.54, 1.807) is 0 Å². The van der Waals surface area contributed by atoms with Gasteiger partial charge >= 0.3 is 0 Å². The SMILES string of the molecule is CCN(CC)Cc1nc(C)cc(NN)n1. The van der Waals surface area contributed by atoms with Crippen molar-refractivity contribution in [3.63, 3.8) is 0 Å². The van der Waals surface area contributed by atoms with Gasteiger partial charge in [0.25, 0.3) is 0 Å². The Labute approximate surface area is 90.7 Å². The number of nitrogen functional groups attached to an aromatic ring is 1. The molecule has 0 saturated carbocycles. The zero-order valence-electron chi connectivity index (χ0n) is 9.62. The van der Waals surface area contributed by atoms with Gasteiger partial charge in [0.2, 0.25) is 0 Å². The fourth-order valence-electron chi connectivity index (χ4n) is 1.42. The van der Waals surface area contributed by atoms with Crippen molar-refractivity contribution < 1.29 is 0 Å². The van der Waals surface area contributed by atoms with Crippen LogP contribution in [0.25, 0.3) is 0 Å². The molecule has 0 aliphatic heterocycles. The van der Waals surface area contributed by atoms with Crippen molar-refractivity contribution in [1.29, 1.82) is 0 Å². The van der Waals surface area contributed by atoms with E-state index in [0.29, 0.717) is 5.82 Å². The molecule has 0 radical (unpaired) electrons. The third-order valence-corrected chi connectivity index (χ3v) is 2.31. The summed E-state index contributed by atoms with van der Waals surface area (Å²) in [5.41, 5.74) is 3.48. The molecule has 84 valence electrons. The molecular formula is C10H19N5. The van der Waals surface area contributed by atoms with Crippen LogP contribution in [0, 0.1) is 6.92 Å². The molecule has 15 heavy (non-hydrogen) atoms. The van der Waals surface area contributed by atoms with E-state index >= 15 is 0 Å². The second-order valence-corrected chi connectivity index (χ2v) is 3.42. The molecule has 1 rings (SSSR count). The first-order valence-corrected chi connectivity index (χ1v) is 5.23. The van der Waals surface area contributed by atoms with E-state index in [4.69, 9.17) is 5.84 Å². The highest BCUT2D eigenvalue weighted by Crippen LogP contribution is 2.06. The normalized spacial score (nSPS) is 10.7. The molecule has 5 nitrogen and oxygen atoms in total. The molecular weight excluding hydrogens is 190 g/mol. The van der Waals surface area contributed by atoms with E-state index in [9.17, 15) is 0 Å². The van der Waals surface area contributed by atoms with Gasteiger partial charge < -0.3 is 5.43 Å². The number of rotatable bonds is 5. The molecule has 0 fully saturated rings. The maximum atomic E-state index is 5.33. The molecule has 1 aromatic heterocycles. The Hall–Kier alpha value is -1.20. The van der Waals surface area contributed by atoms with Crippen LogP contribution in [0.4, 0.5) is 5.82 Å². The molecule has 0 spiro atoms. The van der Waals surface area contributed by atoms with E-state index in [1.165, 1.54) is 0 Å². The van der Waals surface area contributed by atoms with E-state index in [0.717, 1.165) is 31.2 Å². The number of hydrogen-bond acceptors (Lipinski definition) is 5. The summed E-state index contributed by atoms with van der Waals surface area (Å²) < 4.78 is 0. The van der Waals surface area contributed by atoms with Crippen molar-refractivity contribution in [1.82, 2.24) is 14.9 Å². The second kappa shape index (κ2) is 5.63. The van der Waals surface area contributed by atoms with Crippen LogP contribution >= 0.6 is 0 Å². The van der Waals surface area contributed by atoms with Gasteiger partial charge in [-0.25, -0.2) is 15.8 Å². The molecule has 5 heteroatoms. The largest absolute Gasteiger partial charge is 0.308 e. The Morgan fingerprint density at radius 3 is 2.53 bits per heavy atom. The Morgan fingerprint density at radius 2 is 2.00 bits per heavy atom. The maximum Gasteiger partial charge on any atom is 0.145 e. The number of hydrogen-bond donors (Lipinski definition) is 2. The summed E-state index contributed by atoms with van der Waals surface area (Å²) in [7, 11) is 0. The van der Waals surface area contributed by atoms with Crippen LogP contribution in [0.2, 0.25) is 0 Å². The minimum Gasteiger partial charge on any atom is -0.308 e. The summed E-state index contributed by atoms with van der Waals surface area (Å²) >= 11 is 0. The van der Waals surface area contributed by atoms with Gasteiger partial charge in [-0.05, 0) is 20.0 Å². The Kier molecular flexibility index (Phi) is 4.45. The highest BCUT2D eigenvalue weighted by molar-refractivity contribution is 5.33. The quantitative estimate of drug-likeness (QED) is 0.557. The fraction of sp³-hybridized carbons (Fsp3) is 0.600. The number of anilines is 1. The monoisotopic (exact) mass is 209 g/mol. The lowest BCUT2D eigenvalue weighted by atomic mass is 10.4. The van der Waals surface area contributed by atoms with Gasteiger partial charge in [-0.15, -0.1) is 0 Å². The molecule has 0 aromatic carbocycles. The van der Waals surface area contributed by atoms with Crippen LogP contribution in [-0.4, -0.2) is 28.0 Å². The first kappa shape index (κ1) is 11.9. The van der Waals surface area contributed by atoms with Crippen molar-refractivity contribution in [2.24, 2.45) is 5.84 Å². The van der Waals surface area contributed by atoms with Crippen LogP contribution in [0.5, 0.6) is 0 Å². The third-order valence-electron chi connectivity index (χ3n) is 2.31. The first-order valence-electron chi connectivity index (χ1n) is 5.23. The lowest BCUT2D eigenvalue weighted by Gasteiger charge is -2.17. The van der Waals surface area contributed by atoms with E-state index < -0.39 is 0 Å². The number of hydrazine groups is 1. The van der Waals surface area contributed by atoms with Crippen LogP contribution in [-0.2, 0) is 6.54 Å². The van der Waals surface area contributed by atoms with Crippen LogP contribution in [0.3, 0.4) is 0 Å². The molecule has 0 unspecified atom stereocenters. The van der Waals surface area contributed by atoms with Crippen LogP contribution in [0.1, 0.15) is 25.4 Å². The molecule has 1 aromatic rings. The zero-order valence-corrected chi connectivity index (χ0v) is 9.62. The molecule has 0 bridgehead atoms. The average molecular weight is 209 g/mol. The van der Waals surface area contributed by atoms with Crippen molar-refractivity contribution in [2.45, 2.75) is 27.3 Å². The summed E-state index contributed by atoms with van der Waals surface area (Å²) in [6.45, 7) is 8.96. The lowest BCUT2D eigenvalue weighted by Crippen LogP contribution is -2.24. The van der Waals surface area contributed by atoms with Crippen molar-refractivity contribution >= 4 is 5.82 Å². The molecule has 0 amide bonds. The van der Waals surface area contributed by atoms with Crippen LogP contribution < -0.4 is 11.3 Å². The minimum absolute atomic E-state index is 0.671. The van der Waals surface area contributed by atoms with Crippen LogP contribution in [0.15, 0.2) is 6.07 Å². The molecule has 3 N–H and O–H groups in total. The predicted octanol–water partition coefficient (Wildman–Crippen LogP) is 0.912. The minimum atomic E-state index is 0.671. The highest BCUT2D eigenvalue weighted by Gasteiger charge is 2.05. The van der Waals surface area contributed by atoms with Crippen molar-refractivity contribution in [3.8, 4) is 0 Å². The highest BCUT2D eigenvalue weighted by atomic mass is 15.3. The smallest absolute Gasteiger partial charge is 0.145 e.